The van der Waals surface area contributed by atoms with E-state index in [2.05, 4.69) is 10.3 Å². The van der Waals surface area contributed by atoms with Gasteiger partial charge in [0.25, 0.3) is 5.91 Å². The van der Waals surface area contributed by atoms with Crippen LogP contribution in [0, 0.1) is 0 Å². The second-order valence-electron chi connectivity index (χ2n) is 5.73. The molecule has 0 bridgehead atoms. The minimum absolute atomic E-state index is 0.254. The third-order valence-electron chi connectivity index (χ3n) is 4.05. The van der Waals surface area contributed by atoms with Crippen LogP contribution >= 0.6 is 0 Å². The number of nitrogens with zero attached hydrogens (tertiary/aromatic N) is 1. The summed E-state index contributed by atoms with van der Waals surface area (Å²) in [6, 6.07) is 24.7. The van der Waals surface area contributed by atoms with Crippen molar-refractivity contribution in [3.05, 3.63) is 102 Å². The van der Waals surface area contributed by atoms with Gasteiger partial charge in [-0.15, -0.1) is 0 Å². The van der Waals surface area contributed by atoms with Gasteiger partial charge >= 0.3 is 0 Å². The van der Waals surface area contributed by atoms with E-state index >= 15 is 0 Å². The lowest BCUT2D eigenvalue weighted by molar-refractivity contribution is 0.0917. The van der Waals surface area contributed by atoms with E-state index in [0.717, 1.165) is 11.1 Å². The molecule has 0 unspecified atom stereocenters. The number of aromatic nitrogens is 1. The zero-order valence-electron chi connectivity index (χ0n) is 13.4. The molecule has 2 heterocycles. The van der Waals surface area contributed by atoms with Gasteiger partial charge in [0.2, 0.25) is 0 Å². The van der Waals surface area contributed by atoms with E-state index in [9.17, 15) is 4.79 Å². The Kier molecular flexibility index (Phi) is 4.01. The second kappa shape index (κ2) is 6.61. The molecule has 0 aliphatic rings. The van der Waals surface area contributed by atoms with Crippen molar-refractivity contribution in [3.63, 3.8) is 0 Å². The number of hydrogen-bond acceptors (Lipinski definition) is 3. The molecule has 0 saturated carbocycles. The molecule has 0 atom stereocenters. The quantitative estimate of drug-likeness (QED) is 0.606. The Morgan fingerprint density at radius 1 is 0.880 bits per heavy atom. The minimum Gasteiger partial charge on any atom is -0.449 e. The van der Waals surface area contributed by atoms with Crippen molar-refractivity contribution in [1.29, 1.82) is 0 Å². The lowest BCUT2D eigenvalue weighted by Gasteiger charge is -2.19. The van der Waals surface area contributed by atoms with E-state index < -0.39 is 0 Å². The number of pyridine rings is 1. The normalized spacial score (nSPS) is 10.9. The predicted molar refractivity (Wildman–Crippen MR) is 96.2 cm³/mol. The summed E-state index contributed by atoms with van der Waals surface area (Å²) < 4.78 is 5.63. The van der Waals surface area contributed by atoms with Gasteiger partial charge in [-0.2, -0.15) is 0 Å². The number of rotatable bonds is 4. The largest absolute Gasteiger partial charge is 0.449 e. The highest BCUT2D eigenvalue weighted by molar-refractivity contribution is 5.95. The topological polar surface area (TPSA) is 55.1 Å². The summed E-state index contributed by atoms with van der Waals surface area (Å²) in [5.41, 5.74) is 3.29. The Balaban J connectivity index is 1.67. The molecule has 4 aromatic rings. The van der Waals surface area contributed by atoms with Crippen LogP contribution < -0.4 is 5.32 Å². The van der Waals surface area contributed by atoms with Gasteiger partial charge < -0.3 is 9.73 Å². The first kappa shape index (κ1) is 15.1. The number of carbonyl (C=O) groups excluding carboxylic acids is 1. The fourth-order valence-electron chi connectivity index (χ4n) is 2.83. The number of nitrogens with one attached hydrogen (secondary N) is 1. The third kappa shape index (κ3) is 3.15. The molecular weight excluding hydrogens is 312 g/mol. The number of hydrogen-bond donors (Lipinski definition) is 1. The predicted octanol–water partition coefficient (Wildman–Crippen LogP) is 4.35. The molecular formula is C21H16N2O2. The first-order chi connectivity index (χ1) is 12.3. The van der Waals surface area contributed by atoms with E-state index in [4.69, 9.17) is 4.42 Å². The van der Waals surface area contributed by atoms with Gasteiger partial charge in [-0.25, -0.2) is 0 Å². The monoisotopic (exact) mass is 328 g/mol. The first-order valence-corrected chi connectivity index (χ1v) is 8.06. The van der Waals surface area contributed by atoms with Crippen LogP contribution in [0.5, 0.6) is 0 Å². The van der Waals surface area contributed by atoms with Crippen LogP contribution in [0.3, 0.4) is 0 Å². The van der Waals surface area contributed by atoms with Crippen molar-refractivity contribution in [2.24, 2.45) is 0 Å². The standard InChI is InChI=1S/C21H16N2O2/c24-21(19-14-17-18(25-19)12-7-13-22-17)23-20(15-8-3-1-4-9-15)16-10-5-2-6-11-16/h1-14,20H,(H,23,24). The van der Waals surface area contributed by atoms with Crippen LogP contribution in [-0.2, 0) is 0 Å². The van der Waals surface area contributed by atoms with E-state index in [1.54, 1.807) is 24.4 Å². The minimum atomic E-state index is -0.268. The maximum atomic E-state index is 12.7. The highest BCUT2D eigenvalue weighted by atomic mass is 16.3. The molecule has 4 heteroatoms. The van der Waals surface area contributed by atoms with Crippen molar-refractivity contribution in [1.82, 2.24) is 10.3 Å². The number of carbonyl (C=O) groups is 1. The summed E-state index contributed by atoms with van der Waals surface area (Å²) in [5, 5.41) is 3.07. The van der Waals surface area contributed by atoms with Gasteiger partial charge in [-0.05, 0) is 23.3 Å². The summed E-state index contributed by atoms with van der Waals surface area (Å²) in [4.78, 5) is 16.9. The number of fused-ring (bicyclic) bond motifs is 1. The van der Waals surface area contributed by atoms with Gasteiger partial charge in [0, 0.05) is 12.3 Å². The third-order valence-corrected chi connectivity index (χ3v) is 4.05. The molecule has 25 heavy (non-hydrogen) atoms. The molecule has 4 rings (SSSR count). The molecule has 122 valence electrons. The smallest absolute Gasteiger partial charge is 0.287 e. The second-order valence-corrected chi connectivity index (χ2v) is 5.73. The summed E-state index contributed by atoms with van der Waals surface area (Å²) in [5.74, 6) is -0.0127. The van der Waals surface area contributed by atoms with Crippen molar-refractivity contribution < 1.29 is 9.21 Å². The summed E-state index contributed by atoms with van der Waals surface area (Å²) in [6.45, 7) is 0. The fourth-order valence-corrected chi connectivity index (χ4v) is 2.83. The van der Waals surface area contributed by atoms with Crippen LogP contribution in [0.15, 0.2) is 89.5 Å². The van der Waals surface area contributed by atoms with E-state index in [1.165, 1.54) is 0 Å². The van der Waals surface area contributed by atoms with E-state index in [1.807, 2.05) is 60.7 Å². The molecule has 2 aromatic carbocycles. The van der Waals surface area contributed by atoms with Crippen LogP contribution in [-0.4, -0.2) is 10.9 Å². The van der Waals surface area contributed by atoms with E-state index in [-0.39, 0.29) is 17.7 Å². The average molecular weight is 328 g/mol. The Labute approximate surface area is 145 Å². The highest BCUT2D eigenvalue weighted by Gasteiger charge is 2.20. The number of amides is 1. The van der Waals surface area contributed by atoms with Gasteiger partial charge in [0.1, 0.15) is 5.52 Å². The highest BCUT2D eigenvalue weighted by Crippen LogP contribution is 2.23. The van der Waals surface area contributed by atoms with Crippen molar-refractivity contribution in [2.45, 2.75) is 6.04 Å². The molecule has 0 aliphatic heterocycles. The van der Waals surface area contributed by atoms with Crippen molar-refractivity contribution in [3.8, 4) is 0 Å². The maximum Gasteiger partial charge on any atom is 0.287 e. The summed E-state index contributed by atoms with van der Waals surface area (Å²) in [7, 11) is 0. The molecule has 1 N–H and O–H groups in total. The summed E-state index contributed by atoms with van der Waals surface area (Å²) >= 11 is 0. The molecule has 0 spiro atoms. The molecule has 2 aromatic heterocycles. The van der Waals surface area contributed by atoms with Gasteiger partial charge in [0.15, 0.2) is 11.3 Å². The van der Waals surface area contributed by atoms with Gasteiger partial charge in [-0.1, -0.05) is 60.7 Å². The molecule has 4 nitrogen and oxygen atoms in total. The number of furan rings is 1. The van der Waals surface area contributed by atoms with Crippen LogP contribution in [0.2, 0.25) is 0 Å². The molecule has 1 amide bonds. The zero-order chi connectivity index (χ0) is 17.1. The first-order valence-electron chi connectivity index (χ1n) is 8.06. The van der Waals surface area contributed by atoms with Crippen LogP contribution in [0.25, 0.3) is 11.1 Å². The van der Waals surface area contributed by atoms with Gasteiger partial charge in [-0.3, -0.25) is 9.78 Å². The fraction of sp³-hybridized carbons (Fsp3) is 0.0476. The Hall–Kier alpha value is -3.40. The zero-order valence-corrected chi connectivity index (χ0v) is 13.4. The lowest BCUT2D eigenvalue weighted by atomic mass is 9.98. The molecule has 0 fully saturated rings. The Morgan fingerprint density at radius 3 is 2.12 bits per heavy atom. The SMILES string of the molecule is O=C(NC(c1ccccc1)c1ccccc1)c1cc2ncccc2o1. The van der Waals surface area contributed by atoms with Crippen molar-refractivity contribution in [2.75, 3.05) is 0 Å². The van der Waals surface area contributed by atoms with Crippen LogP contribution in [0.1, 0.15) is 27.7 Å². The molecule has 0 aliphatic carbocycles. The van der Waals surface area contributed by atoms with Crippen LogP contribution in [0.4, 0.5) is 0 Å². The molecule has 0 saturated heterocycles. The lowest BCUT2D eigenvalue weighted by Crippen LogP contribution is -2.29. The average Bonchev–Trinajstić information content (AvgIpc) is 3.12. The Bertz CT molecular complexity index is 922. The summed E-state index contributed by atoms with van der Waals surface area (Å²) in [6.07, 6.45) is 1.68. The maximum absolute atomic E-state index is 12.7. The molecule has 0 radical (unpaired) electrons. The number of benzene rings is 2. The Morgan fingerprint density at radius 2 is 1.52 bits per heavy atom. The van der Waals surface area contributed by atoms with Gasteiger partial charge in [0.05, 0.1) is 6.04 Å². The van der Waals surface area contributed by atoms with E-state index in [0.29, 0.717) is 11.1 Å². The van der Waals surface area contributed by atoms with Crippen molar-refractivity contribution >= 4 is 17.0 Å².